The lowest BCUT2D eigenvalue weighted by atomic mass is 9.95. The molecule has 3 aromatic heterocycles. The van der Waals surface area contributed by atoms with Gasteiger partial charge in [0.15, 0.2) is 11.5 Å². The van der Waals surface area contributed by atoms with E-state index in [0.717, 1.165) is 7.11 Å². The Balaban J connectivity index is 1.21. The summed E-state index contributed by atoms with van der Waals surface area (Å²) >= 11 is 3.40. The monoisotopic (exact) mass is 783 g/mol. The molecule has 0 saturated heterocycles. The number of aromatic hydroxyl groups is 1. The number of hydrogen-bond acceptors (Lipinski definition) is 8. The Morgan fingerprint density at radius 1 is 0.923 bits per heavy atom. The highest BCUT2D eigenvalue weighted by Crippen LogP contribution is 2.49. The quantitative estimate of drug-likeness (QED) is 0.0807. The first kappa shape index (κ1) is 34.6. The Bertz CT molecular complexity index is 2450. The number of carbonyl (C=O) groups excluding carboxylic acids is 3. The first-order chi connectivity index (χ1) is 24.8. The van der Waals surface area contributed by atoms with Crippen LogP contribution in [0.5, 0.6) is 23.0 Å². The van der Waals surface area contributed by atoms with Crippen molar-refractivity contribution in [3.63, 3.8) is 0 Å². The molecule has 0 fully saturated rings. The highest BCUT2D eigenvalue weighted by Gasteiger charge is 2.43. The lowest BCUT2D eigenvalue weighted by molar-refractivity contribution is -0.141. The molecule has 1 aliphatic heterocycles. The minimum absolute atomic E-state index is 0.0365. The third kappa shape index (κ3) is 5.42. The minimum atomic E-state index is -4.96. The summed E-state index contributed by atoms with van der Waals surface area (Å²) in [6, 6.07) is 11.2. The fourth-order valence-corrected chi connectivity index (χ4v) is 7.32. The van der Waals surface area contributed by atoms with Crippen molar-refractivity contribution < 1.29 is 51.6 Å². The SMILES string of the molecule is COC(=O)c1c(C(F)(F)F)[nH]c2c(O)cc3c(c12)C(CBr)CN3C(=O)c1cc2cc(NC(=O)c3cc4cc(OC)c(OC)c(OC)c4[nH]3)ccc2[nH]1. The number of nitrogens with zero attached hydrogens (tertiary/aromatic N) is 1. The summed E-state index contributed by atoms with van der Waals surface area (Å²) in [6.07, 6.45) is -4.96. The Kier molecular flexibility index (Phi) is 8.47. The maximum atomic E-state index is 14.0. The molecule has 5 N–H and O–H groups in total. The minimum Gasteiger partial charge on any atom is -0.506 e. The van der Waals surface area contributed by atoms with Gasteiger partial charge in [0.1, 0.15) is 22.8 Å². The van der Waals surface area contributed by atoms with Gasteiger partial charge < -0.3 is 49.2 Å². The number of halogens is 4. The van der Waals surface area contributed by atoms with E-state index in [4.69, 9.17) is 18.9 Å². The molecule has 7 rings (SSSR count). The van der Waals surface area contributed by atoms with Gasteiger partial charge in [0.2, 0.25) is 5.75 Å². The van der Waals surface area contributed by atoms with Gasteiger partial charge in [-0.25, -0.2) is 4.79 Å². The molecule has 1 atom stereocenters. The van der Waals surface area contributed by atoms with Crippen LogP contribution in [0.2, 0.25) is 0 Å². The smallest absolute Gasteiger partial charge is 0.432 e. The van der Waals surface area contributed by atoms with E-state index in [-0.39, 0.29) is 45.4 Å². The topological polar surface area (TPSA) is 171 Å². The van der Waals surface area contributed by atoms with Crippen molar-refractivity contribution in [3.05, 3.63) is 70.7 Å². The molecule has 0 radical (unpaired) electrons. The van der Waals surface area contributed by atoms with E-state index in [9.17, 15) is 32.7 Å². The van der Waals surface area contributed by atoms with Gasteiger partial charge in [-0.1, -0.05) is 15.9 Å². The fourth-order valence-electron chi connectivity index (χ4n) is 6.79. The molecule has 3 aromatic carbocycles. The van der Waals surface area contributed by atoms with Crippen LogP contribution in [-0.2, 0) is 10.9 Å². The van der Waals surface area contributed by atoms with E-state index < -0.39 is 46.9 Å². The molecular formula is C35H29BrF3N5O8. The van der Waals surface area contributed by atoms with Crippen LogP contribution in [0.3, 0.4) is 0 Å². The Morgan fingerprint density at radius 3 is 2.31 bits per heavy atom. The van der Waals surface area contributed by atoms with Gasteiger partial charge >= 0.3 is 12.1 Å². The van der Waals surface area contributed by atoms with Crippen molar-refractivity contribution in [1.82, 2.24) is 15.0 Å². The number of phenols is 1. The number of alkyl halides is 4. The van der Waals surface area contributed by atoms with Crippen LogP contribution in [0.15, 0.2) is 42.5 Å². The van der Waals surface area contributed by atoms with Crippen molar-refractivity contribution >= 4 is 77.8 Å². The third-order valence-electron chi connectivity index (χ3n) is 9.05. The van der Waals surface area contributed by atoms with Gasteiger partial charge in [0.05, 0.1) is 50.7 Å². The van der Waals surface area contributed by atoms with Crippen molar-refractivity contribution in [1.29, 1.82) is 0 Å². The molecule has 1 aliphatic rings. The number of methoxy groups -OCH3 is 4. The van der Waals surface area contributed by atoms with Crippen molar-refractivity contribution in [2.24, 2.45) is 0 Å². The summed E-state index contributed by atoms with van der Waals surface area (Å²) in [5.41, 5.74) is -0.0963. The van der Waals surface area contributed by atoms with Crippen LogP contribution in [0.1, 0.15) is 48.5 Å². The molecule has 2 amide bonds. The van der Waals surface area contributed by atoms with Crippen molar-refractivity contribution in [3.8, 4) is 23.0 Å². The molecule has 0 aliphatic carbocycles. The number of ether oxygens (including phenoxy) is 4. The summed E-state index contributed by atoms with van der Waals surface area (Å²) in [5, 5.41) is 15.0. The maximum absolute atomic E-state index is 14.0. The standard InChI is InChI=1S/C35H29BrF3N5O8/c1-49-23-10-15-9-19(42-27(15)30(51-3)29(23)50-2)32(46)40-17-5-6-18-14(7-17)8-20(41-18)33(47)44-13-16(12-36)24-21(44)11-22(45)28-25(24)26(34(48)52-4)31(43-28)35(37,38)39/h5-11,16,41-43,45H,12-13H2,1-4H3,(H,40,46). The third-order valence-corrected chi connectivity index (χ3v) is 9.84. The Hall–Kier alpha value is -5.84. The largest absolute Gasteiger partial charge is 0.506 e. The lowest BCUT2D eigenvalue weighted by Gasteiger charge is -2.17. The van der Waals surface area contributed by atoms with Crippen LogP contribution in [0, 0.1) is 0 Å². The number of rotatable bonds is 8. The van der Waals surface area contributed by atoms with E-state index in [1.165, 1.54) is 32.3 Å². The molecule has 270 valence electrons. The van der Waals surface area contributed by atoms with Crippen LogP contribution in [-0.4, -0.2) is 78.2 Å². The highest BCUT2D eigenvalue weighted by molar-refractivity contribution is 9.09. The molecule has 52 heavy (non-hydrogen) atoms. The number of benzene rings is 3. The van der Waals surface area contributed by atoms with E-state index in [1.54, 1.807) is 36.4 Å². The zero-order valence-electron chi connectivity index (χ0n) is 27.8. The van der Waals surface area contributed by atoms with E-state index in [0.29, 0.717) is 44.7 Å². The summed E-state index contributed by atoms with van der Waals surface area (Å²) in [6.45, 7) is 0.0365. The molecule has 4 heterocycles. The number of hydrogen-bond donors (Lipinski definition) is 5. The van der Waals surface area contributed by atoms with E-state index >= 15 is 0 Å². The number of anilines is 2. The molecular weight excluding hydrogens is 755 g/mol. The van der Waals surface area contributed by atoms with Crippen LogP contribution in [0.4, 0.5) is 24.5 Å². The molecule has 0 bridgehead atoms. The highest BCUT2D eigenvalue weighted by atomic mass is 79.9. The fraction of sp³-hybridized carbons (Fsp3) is 0.229. The van der Waals surface area contributed by atoms with E-state index in [2.05, 4.69) is 36.2 Å². The maximum Gasteiger partial charge on any atom is 0.432 e. The second-order valence-corrected chi connectivity index (χ2v) is 12.6. The Labute approximate surface area is 300 Å². The van der Waals surface area contributed by atoms with Gasteiger partial charge in [-0.3, -0.25) is 9.59 Å². The first-order valence-electron chi connectivity index (χ1n) is 15.5. The van der Waals surface area contributed by atoms with Crippen LogP contribution >= 0.6 is 15.9 Å². The number of nitrogens with one attached hydrogen (secondary N) is 4. The summed E-state index contributed by atoms with van der Waals surface area (Å²) in [5.74, 6) is -2.18. The molecule has 0 saturated carbocycles. The first-order valence-corrected chi connectivity index (χ1v) is 16.7. The number of amides is 2. The van der Waals surface area contributed by atoms with Gasteiger partial charge in [-0.15, -0.1) is 0 Å². The molecule has 17 heteroatoms. The Morgan fingerprint density at radius 2 is 1.65 bits per heavy atom. The number of fused-ring (bicyclic) bond motifs is 5. The van der Waals surface area contributed by atoms with Crippen LogP contribution in [0.25, 0.3) is 32.7 Å². The van der Waals surface area contributed by atoms with Gasteiger partial charge in [-0.2, -0.15) is 13.2 Å². The number of esters is 1. The number of carbonyl (C=O) groups is 3. The second-order valence-electron chi connectivity index (χ2n) is 11.9. The normalized spacial score (nSPS) is 14.2. The second kappa shape index (κ2) is 12.7. The predicted octanol–water partition coefficient (Wildman–Crippen LogP) is 7.06. The average molecular weight is 785 g/mol. The predicted molar refractivity (Wildman–Crippen MR) is 189 cm³/mol. The molecule has 1 unspecified atom stereocenters. The van der Waals surface area contributed by atoms with Gasteiger partial charge in [0.25, 0.3) is 11.8 Å². The summed E-state index contributed by atoms with van der Waals surface area (Å²) in [4.78, 5) is 49.7. The number of aromatic amines is 3. The number of aromatic nitrogens is 3. The zero-order chi connectivity index (χ0) is 37.2. The zero-order valence-corrected chi connectivity index (χ0v) is 29.4. The summed E-state index contributed by atoms with van der Waals surface area (Å²) in [7, 11) is 5.41. The number of H-pyrrole nitrogens is 3. The molecule has 13 nitrogen and oxygen atoms in total. The average Bonchev–Trinajstić information content (AvgIpc) is 3.91. The number of phenolic OH excluding ortho intramolecular Hbond substituents is 1. The van der Waals surface area contributed by atoms with Crippen LogP contribution < -0.4 is 24.4 Å². The van der Waals surface area contributed by atoms with Crippen molar-refractivity contribution in [2.45, 2.75) is 12.1 Å². The van der Waals surface area contributed by atoms with Gasteiger partial charge in [-0.05, 0) is 42.0 Å². The lowest BCUT2D eigenvalue weighted by Crippen LogP contribution is -2.30. The van der Waals surface area contributed by atoms with E-state index in [1.807, 2.05) is 0 Å². The summed E-state index contributed by atoms with van der Waals surface area (Å²) < 4.78 is 63.2. The molecule has 0 spiro atoms. The van der Waals surface area contributed by atoms with Gasteiger partial charge in [0, 0.05) is 51.2 Å². The van der Waals surface area contributed by atoms with Crippen molar-refractivity contribution in [2.75, 3.05) is 50.5 Å². The molecule has 6 aromatic rings.